The van der Waals surface area contributed by atoms with E-state index in [1.54, 1.807) is 0 Å². The van der Waals surface area contributed by atoms with Crippen LogP contribution >= 0.6 is 11.3 Å². The van der Waals surface area contributed by atoms with Crippen LogP contribution in [0.25, 0.3) is 0 Å². The van der Waals surface area contributed by atoms with Gasteiger partial charge in [-0.05, 0) is 83.3 Å². The maximum absolute atomic E-state index is 4.45. The van der Waals surface area contributed by atoms with Gasteiger partial charge in [0.2, 0.25) is 0 Å². The van der Waals surface area contributed by atoms with Gasteiger partial charge in [-0.25, -0.2) is 0 Å². The molecule has 0 spiro atoms. The third-order valence-electron chi connectivity index (χ3n) is 6.35. The molecule has 0 bridgehead atoms. The molecule has 2 saturated heterocycles. The fourth-order valence-electron chi connectivity index (χ4n) is 4.66. The molecule has 7 heteroatoms. The molecule has 0 amide bonds. The lowest BCUT2D eigenvalue weighted by atomic mass is 9.88. The van der Waals surface area contributed by atoms with Crippen molar-refractivity contribution in [1.29, 1.82) is 0 Å². The van der Waals surface area contributed by atoms with Crippen LogP contribution in [0.1, 0.15) is 36.6 Å². The smallest absolute Gasteiger partial charge is 0.190 e. The summed E-state index contributed by atoms with van der Waals surface area (Å²) in [5, 5.41) is 9.33. The Balaban J connectivity index is 1.39. The summed E-state index contributed by atoms with van der Waals surface area (Å²) in [6.07, 6.45) is 5.00. The number of thiophene rings is 1. The number of nitrogens with one attached hydrogen (secondary N) is 2. The minimum Gasteiger partial charge on any atom is -0.356 e. The van der Waals surface area contributed by atoms with Crippen LogP contribution in [0, 0.1) is 5.92 Å². The molecule has 2 atom stereocenters. The van der Waals surface area contributed by atoms with Crippen LogP contribution in [0.5, 0.6) is 0 Å². The fourth-order valence-corrected chi connectivity index (χ4v) is 5.65. The third kappa shape index (κ3) is 6.95. The molecule has 3 rings (SSSR count). The molecule has 164 valence electrons. The number of aliphatic imine (C=N–C) groups is 1. The van der Waals surface area contributed by atoms with Gasteiger partial charge in [-0.1, -0.05) is 6.07 Å². The quantitative estimate of drug-likeness (QED) is 0.403. The van der Waals surface area contributed by atoms with Gasteiger partial charge in [-0.15, -0.1) is 11.3 Å². The number of likely N-dealkylation sites (N-methyl/N-ethyl adjacent to an activating group) is 1. The van der Waals surface area contributed by atoms with Gasteiger partial charge in [-0.2, -0.15) is 0 Å². The second kappa shape index (κ2) is 11.9. The Morgan fingerprint density at radius 3 is 2.83 bits per heavy atom. The lowest BCUT2D eigenvalue weighted by Crippen LogP contribution is -2.45. The maximum atomic E-state index is 4.45. The molecule has 1 aromatic heterocycles. The van der Waals surface area contributed by atoms with Crippen molar-refractivity contribution in [3.63, 3.8) is 0 Å². The molecule has 6 nitrogen and oxygen atoms in total. The molecule has 2 aliphatic rings. The summed E-state index contributed by atoms with van der Waals surface area (Å²) in [7, 11) is 6.38. The number of likely N-dealkylation sites (tertiary alicyclic amines) is 1. The lowest BCUT2D eigenvalue weighted by Gasteiger charge is -2.39. The molecule has 0 aromatic carbocycles. The van der Waals surface area contributed by atoms with E-state index in [0.29, 0.717) is 12.0 Å². The van der Waals surface area contributed by atoms with E-state index in [9.17, 15) is 0 Å². The Morgan fingerprint density at radius 1 is 1.14 bits per heavy atom. The van der Waals surface area contributed by atoms with Crippen LogP contribution < -0.4 is 10.6 Å². The van der Waals surface area contributed by atoms with Crippen molar-refractivity contribution in [1.82, 2.24) is 25.3 Å². The zero-order valence-electron chi connectivity index (χ0n) is 18.6. The first-order valence-electron chi connectivity index (χ1n) is 11.3. The van der Waals surface area contributed by atoms with E-state index in [1.807, 2.05) is 18.4 Å². The number of rotatable bonds is 7. The van der Waals surface area contributed by atoms with Crippen molar-refractivity contribution < 1.29 is 0 Å². The van der Waals surface area contributed by atoms with E-state index < -0.39 is 0 Å². The van der Waals surface area contributed by atoms with Crippen molar-refractivity contribution in [2.45, 2.75) is 31.7 Å². The van der Waals surface area contributed by atoms with Gasteiger partial charge in [0.05, 0.1) is 0 Å². The predicted octanol–water partition coefficient (Wildman–Crippen LogP) is 2.32. The molecule has 0 saturated carbocycles. The first-order valence-corrected chi connectivity index (χ1v) is 12.1. The van der Waals surface area contributed by atoms with Gasteiger partial charge < -0.3 is 20.4 Å². The second-order valence-corrected chi connectivity index (χ2v) is 9.55. The van der Waals surface area contributed by atoms with Gasteiger partial charge in [-0.3, -0.25) is 9.89 Å². The molecule has 0 aliphatic carbocycles. The Hall–Kier alpha value is -1.15. The van der Waals surface area contributed by atoms with Crippen molar-refractivity contribution in [3.8, 4) is 0 Å². The van der Waals surface area contributed by atoms with Crippen LogP contribution in [0.15, 0.2) is 22.5 Å². The summed E-state index contributed by atoms with van der Waals surface area (Å²) in [4.78, 5) is 13.5. The number of piperidine rings is 1. The normalized spacial score (nSPS) is 25.7. The number of nitrogens with zero attached hydrogens (tertiary/aromatic N) is 4. The number of hydrogen-bond donors (Lipinski definition) is 2. The molecule has 0 radical (unpaired) electrons. The predicted molar refractivity (Wildman–Crippen MR) is 125 cm³/mol. The number of hydrogen-bond acceptors (Lipinski definition) is 5. The number of guanidine groups is 1. The van der Waals surface area contributed by atoms with Crippen molar-refractivity contribution in [3.05, 3.63) is 22.4 Å². The summed E-state index contributed by atoms with van der Waals surface area (Å²) >= 11 is 1.89. The fraction of sp³-hybridized carbons (Fsp3) is 0.773. The largest absolute Gasteiger partial charge is 0.356 e. The van der Waals surface area contributed by atoms with E-state index >= 15 is 0 Å². The molecule has 29 heavy (non-hydrogen) atoms. The van der Waals surface area contributed by atoms with E-state index in [0.717, 1.165) is 25.5 Å². The van der Waals surface area contributed by atoms with Crippen LogP contribution in [0.4, 0.5) is 0 Å². The average Bonchev–Trinajstić information content (AvgIpc) is 3.17. The molecule has 2 unspecified atom stereocenters. The molecule has 2 fully saturated rings. The third-order valence-corrected chi connectivity index (χ3v) is 7.30. The summed E-state index contributed by atoms with van der Waals surface area (Å²) in [6, 6.07) is 4.99. The highest BCUT2D eigenvalue weighted by Gasteiger charge is 2.31. The highest BCUT2D eigenvalue weighted by Crippen LogP contribution is 2.36. The minimum atomic E-state index is 0.524. The maximum Gasteiger partial charge on any atom is 0.190 e. The van der Waals surface area contributed by atoms with Crippen LogP contribution in [-0.4, -0.2) is 94.2 Å². The van der Waals surface area contributed by atoms with Gasteiger partial charge >= 0.3 is 0 Å². The molecular formula is C22H40N6S. The first-order chi connectivity index (χ1) is 14.2. The van der Waals surface area contributed by atoms with Gasteiger partial charge in [0, 0.05) is 44.1 Å². The van der Waals surface area contributed by atoms with Crippen LogP contribution in [0.3, 0.4) is 0 Å². The van der Waals surface area contributed by atoms with Gasteiger partial charge in [0.1, 0.15) is 0 Å². The second-order valence-electron chi connectivity index (χ2n) is 8.58. The lowest BCUT2D eigenvalue weighted by molar-refractivity contribution is 0.125. The standard InChI is InChI=1S/C22H40N6S/c1-23-22(24-10-6-13-28-14-7-11-26(2)15-16-28)25-18-19-8-4-12-27(3)21(19)20-9-5-17-29-20/h5,9,17,19,21H,4,6-8,10-16,18H2,1-3H3,(H2,23,24,25). The summed E-state index contributed by atoms with van der Waals surface area (Å²) in [5.74, 6) is 1.57. The van der Waals surface area contributed by atoms with E-state index in [4.69, 9.17) is 0 Å². The Morgan fingerprint density at radius 2 is 2.03 bits per heavy atom. The summed E-state index contributed by atoms with van der Waals surface area (Å²) < 4.78 is 0. The molecule has 2 aliphatic heterocycles. The molecule has 3 heterocycles. The van der Waals surface area contributed by atoms with E-state index in [1.165, 1.54) is 63.4 Å². The summed E-state index contributed by atoms with van der Waals surface area (Å²) in [5.41, 5.74) is 0. The zero-order valence-corrected chi connectivity index (χ0v) is 19.4. The highest BCUT2D eigenvalue weighted by molar-refractivity contribution is 7.10. The monoisotopic (exact) mass is 420 g/mol. The summed E-state index contributed by atoms with van der Waals surface area (Å²) in [6.45, 7) is 9.17. The topological polar surface area (TPSA) is 46.1 Å². The van der Waals surface area contributed by atoms with Gasteiger partial charge in [0.25, 0.3) is 0 Å². The average molecular weight is 421 g/mol. The van der Waals surface area contributed by atoms with Crippen molar-refractivity contribution >= 4 is 17.3 Å². The molecule has 2 N–H and O–H groups in total. The molecular weight excluding hydrogens is 380 g/mol. The van der Waals surface area contributed by atoms with E-state index in [2.05, 4.69) is 61.9 Å². The Bertz CT molecular complexity index is 604. The Labute approximate surface area is 181 Å². The van der Waals surface area contributed by atoms with Crippen LogP contribution in [-0.2, 0) is 0 Å². The van der Waals surface area contributed by atoms with Crippen LogP contribution in [0.2, 0.25) is 0 Å². The van der Waals surface area contributed by atoms with E-state index in [-0.39, 0.29) is 0 Å². The van der Waals surface area contributed by atoms with Crippen molar-refractivity contribution in [2.24, 2.45) is 10.9 Å². The zero-order chi connectivity index (χ0) is 20.5. The van der Waals surface area contributed by atoms with Gasteiger partial charge in [0.15, 0.2) is 5.96 Å². The molecule has 1 aromatic rings. The Kier molecular flexibility index (Phi) is 9.24. The first kappa shape index (κ1) is 22.5. The SMILES string of the molecule is CN=C(NCCCN1CCCN(C)CC1)NCC1CCCN(C)C1c1cccs1. The highest BCUT2D eigenvalue weighted by atomic mass is 32.1. The van der Waals surface area contributed by atoms with Crippen molar-refractivity contribution in [2.75, 3.05) is 73.5 Å². The minimum absolute atomic E-state index is 0.524.